The predicted molar refractivity (Wildman–Crippen MR) is 59.8 cm³/mol. The van der Waals surface area contributed by atoms with Gasteiger partial charge in [0.05, 0.1) is 18.2 Å². The third kappa shape index (κ3) is 2.60. The van der Waals surface area contributed by atoms with Crippen LogP contribution >= 0.6 is 15.9 Å². The molecule has 1 rings (SSSR count). The molecule has 0 aliphatic heterocycles. The zero-order chi connectivity index (χ0) is 10.6. The number of nitriles is 1. The van der Waals surface area contributed by atoms with Gasteiger partial charge in [-0.3, -0.25) is 0 Å². The van der Waals surface area contributed by atoms with Gasteiger partial charge in [0.1, 0.15) is 0 Å². The molecule has 0 aliphatic rings. The Morgan fingerprint density at radius 2 is 2.43 bits per heavy atom. The van der Waals surface area contributed by atoms with Crippen molar-refractivity contribution in [1.29, 1.82) is 5.26 Å². The third-order valence-electron chi connectivity index (χ3n) is 1.78. The molecule has 0 unspecified atom stereocenters. The molecule has 4 nitrogen and oxygen atoms in total. The van der Waals surface area contributed by atoms with Crippen molar-refractivity contribution in [3.05, 3.63) is 16.7 Å². The van der Waals surface area contributed by atoms with E-state index in [2.05, 4.69) is 27.0 Å². The molecule has 1 aromatic rings. The molecule has 2 N–H and O–H groups in total. The Hall–Kier alpha value is -1.28. The van der Waals surface area contributed by atoms with E-state index >= 15 is 0 Å². The van der Waals surface area contributed by atoms with Gasteiger partial charge in [-0.15, -0.1) is 0 Å². The van der Waals surface area contributed by atoms with Gasteiger partial charge >= 0.3 is 0 Å². The highest BCUT2D eigenvalue weighted by atomic mass is 79.9. The molecule has 0 bridgehead atoms. The highest BCUT2D eigenvalue weighted by Gasteiger charge is 2.06. The average Bonchev–Trinajstić information content (AvgIpc) is 2.14. The summed E-state index contributed by atoms with van der Waals surface area (Å²) in [5.41, 5.74) is 6.39. The molecular formula is C9H11BrN4. The Labute approximate surface area is 91.5 Å². The summed E-state index contributed by atoms with van der Waals surface area (Å²) in [4.78, 5) is 6.04. The summed E-state index contributed by atoms with van der Waals surface area (Å²) in [5, 5.41) is 8.44. The fourth-order valence-electron chi connectivity index (χ4n) is 1.09. The molecule has 1 heterocycles. The normalized spacial score (nSPS) is 9.50. The van der Waals surface area contributed by atoms with Crippen molar-refractivity contribution in [1.82, 2.24) is 4.98 Å². The molecule has 0 aromatic carbocycles. The maximum absolute atomic E-state index is 8.44. The van der Waals surface area contributed by atoms with E-state index < -0.39 is 0 Å². The molecule has 1 aromatic heterocycles. The quantitative estimate of drug-likeness (QED) is 0.893. The van der Waals surface area contributed by atoms with Crippen LogP contribution in [0.5, 0.6) is 0 Å². The van der Waals surface area contributed by atoms with Crippen LogP contribution in [0.1, 0.15) is 6.42 Å². The molecule has 74 valence electrons. The Morgan fingerprint density at radius 1 is 1.71 bits per heavy atom. The van der Waals surface area contributed by atoms with Crippen LogP contribution in [0.2, 0.25) is 0 Å². The predicted octanol–water partition coefficient (Wildman–Crippen LogP) is 1.78. The Bertz CT molecular complexity index is 358. The van der Waals surface area contributed by atoms with Crippen LogP contribution in [-0.4, -0.2) is 18.6 Å². The van der Waals surface area contributed by atoms with Crippen molar-refractivity contribution in [2.45, 2.75) is 6.42 Å². The summed E-state index contributed by atoms with van der Waals surface area (Å²) in [5.74, 6) is 0.712. The molecule has 0 fully saturated rings. The first-order valence-corrected chi connectivity index (χ1v) is 4.93. The highest BCUT2D eigenvalue weighted by Crippen LogP contribution is 2.22. The Kier molecular flexibility index (Phi) is 3.72. The van der Waals surface area contributed by atoms with E-state index in [0.717, 1.165) is 4.47 Å². The first kappa shape index (κ1) is 10.8. The van der Waals surface area contributed by atoms with E-state index in [1.165, 1.54) is 0 Å². The van der Waals surface area contributed by atoms with Gasteiger partial charge in [-0.1, -0.05) is 0 Å². The minimum Gasteiger partial charge on any atom is -0.396 e. The molecule has 0 amide bonds. The summed E-state index contributed by atoms with van der Waals surface area (Å²) in [6.07, 6.45) is 2.16. The molecule has 5 heteroatoms. The van der Waals surface area contributed by atoms with Crippen LogP contribution in [0, 0.1) is 11.3 Å². The first-order chi connectivity index (χ1) is 6.65. The van der Waals surface area contributed by atoms with Crippen molar-refractivity contribution < 1.29 is 0 Å². The number of hydrogen-bond acceptors (Lipinski definition) is 4. The zero-order valence-corrected chi connectivity index (χ0v) is 9.45. The second kappa shape index (κ2) is 4.82. The van der Waals surface area contributed by atoms with Crippen LogP contribution in [0.15, 0.2) is 16.7 Å². The van der Waals surface area contributed by atoms with E-state index in [-0.39, 0.29) is 0 Å². The number of aromatic nitrogens is 1. The van der Waals surface area contributed by atoms with Gasteiger partial charge in [0.25, 0.3) is 0 Å². The number of anilines is 2. The van der Waals surface area contributed by atoms with E-state index in [1.54, 1.807) is 12.3 Å². The molecule has 0 atom stereocenters. The van der Waals surface area contributed by atoms with Gasteiger partial charge in [-0.05, 0) is 22.0 Å². The molecule has 14 heavy (non-hydrogen) atoms. The second-order valence-electron chi connectivity index (χ2n) is 2.90. The summed E-state index contributed by atoms with van der Waals surface area (Å²) in [6.45, 7) is 0.634. The van der Waals surface area contributed by atoms with E-state index in [9.17, 15) is 0 Å². The van der Waals surface area contributed by atoms with Gasteiger partial charge in [-0.2, -0.15) is 5.26 Å². The molecule has 0 saturated carbocycles. The van der Waals surface area contributed by atoms with Crippen molar-refractivity contribution in [2.24, 2.45) is 0 Å². The summed E-state index contributed by atoms with van der Waals surface area (Å²) in [6, 6.07) is 3.88. The largest absolute Gasteiger partial charge is 0.396 e. The van der Waals surface area contributed by atoms with Crippen LogP contribution in [0.25, 0.3) is 0 Å². The van der Waals surface area contributed by atoms with Gasteiger partial charge in [-0.25, -0.2) is 4.98 Å². The second-order valence-corrected chi connectivity index (χ2v) is 3.81. The molecular weight excluding hydrogens is 244 g/mol. The topological polar surface area (TPSA) is 65.9 Å². The van der Waals surface area contributed by atoms with Crippen LogP contribution in [0.3, 0.4) is 0 Å². The minimum atomic E-state index is 0.466. The van der Waals surface area contributed by atoms with E-state index in [0.29, 0.717) is 24.5 Å². The summed E-state index contributed by atoms with van der Waals surface area (Å²) in [7, 11) is 1.87. The fourth-order valence-corrected chi connectivity index (χ4v) is 1.44. The average molecular weight is 255 g/mol. The van der Waals surface area contributed by atoms with Crippen molar-refractivity contribution in [3.8, 4) is 6.07 Å². The summed E-state index contributed by atoms with van der Waals surface area (Å²) >= 11 is 3.28. The third-order valence-corrected chi connectivity index (χ3v) is 2.22. The Balaban J connectivity index is 2.80. The standard InChI is InChI=1S/C9H11BrN4/c1-14(4-2-3-11)9-8(12)5-7(10)6-13-9/h5-6H,2,4,12H2,1H3. The maximum Gasteiger partial charge on any atom is 0.151 e. The van der Waals surface area contributed by atoms with E-state index in [4.69, 9.17) is 11.0 Å². The number of hydrogen-bond donors (Lipinski definition) is 1. The molecule has 0 aliphatic carbocycles. The Morgan fingerprint density at radius 3 is 3.00 bits per heavy atom. The van der Waals surface area contributed by atoms with Crippen LogP contribution < -0.4 is 10.6 Å². The highest BCUT2D eigenvalue weighted by molar-refractivity contribution is 9.10. The van der Waals surface area contributed by atoms with Crippen molar-refractivity contribution in [2.75, 3.05) is 24.2 Å². The molecule has 0 saturated heterocycles. The van der Waals surface area contributed by atoms with Gasteiger partial charge in [0.15, 0.2) is 5.82 Å². The van der Waals surface area contributed by atoms with Gasteiger partial charge in [0.2, 0.25) is 0 Å². The smallest absolute Gasteiger partial charge is 0.151 e. The SMILES string of the molecule is CN(CCC#N)c1ncc(Br)cc1N. The summed E-state index contributed by atoms with van der Waals surface area (Å²) < 4.78 is 0.854. The lowest BCUT2D eigenvalue weighted by Gasteiger charge is -2.18. The van der Waals surface area contributed by atoms with Gasteiger partial charge in [0, 0.05) is 24.3 Å². The number of nitrogens with two attached hydrogens (primary N) is 1. The van der Waals surface area contributed by atoms with Crippen LogP contribution in [-0.2, 0) is 0 Å². The molecule has 0 spiro atoms. The van der Waals surface area contributed by atoms with Crippen molar-refractivity contribution in [3.63, 3.8) is 0 Å². The van der Waals surface area contributed by atoms with Gasteiger partial charge < -0.3 is 10.6 Å². The lowest BCUT2D eigenvalue weighted by molar-refractivity contribution is 0.886. The van der Waals surface area contributed by atoms with Crippen molar-refractivity contribution >= 4 is 27.4 Å². The monoisotopic (exact) mass is 254 g/mol. The zero-order valence-electron chi connectivity index (χ0n) is 7.87. The number of halogens is 1. The number of nitrogen functional groups attached to an aromatic ring is 1. The minimum absolute atomic E-state index is 0.466. The maximum atomic E-state index is 8.44. The number of pyridine rings is 1. The van der Waals surface area contributed by atoms with Crippen LogP contribution in [0.4, 0.5) is 11.5 Å². The lowest BCUT2D eigenvalue weighted by atomic mass is 10.3. The molecule has 0 radical (unpaired) electrons. The number of rotatable bonds is 3. The lowest BCUT2D eigenvalue weighted by Crippen LogP contribution is -2.20. The fraction of sp³-hybridized carbons (Fsp3) is 0.333. The number of nitrogens with zero attached hydrogens (tertiary/aromatic N) is 3. The van der Waals surface area contributed by atoms with E-state index in [1.807, 2.05) is 11.9 Å². The first-order valence-electron chi connectivity index (χ1n) is 4.14.